The molecule has 0 unspecified atom stereocenters. The molecule has 1 saturated heterocycles. The highest BCUT2D eigenvalue weighted by Crippen LogP contribution is 2.27. The second-order valence-corrected chi connectivity index (χ2v) is 7.70. The van der Waals surface area contributed by atoms with Gasteiger partial charge in [0, 0.05) is 44.2 Å². The molecule has 0 spiro atoms. The minimum absolute atomic E-state index is 0.207. The summed E-state index contributed by atoms with van der Waals surface area (Å²) in [5.74, 6) is 2.16. The first-order chi connectivity index (χ1) is 13.2. The molecule has 1 aliphatic carbocycles. The summed E-state index contributed by atoms with van der Waals surface area (Å²) in [6, 6.07) is 10.2. The molecule has 6 nitrogen and oxygen atoms in total. The van der Waals surface area contributed by atoms with Gasteiger partial charge in [0.05, 0.1) is 12.7 Å². The number of aromatic nitrogens is 1. The van der Waals surface area contributed by atoms with Gasteiger partial charge in [0.2, 0.25) is 11.8 Å². The number of oxazole rings is 1. The van der Waals surface area contributed by atoms with Gasteiger partial charge in [-0.2, -0.15) is 0 Å². The van der Waals surface area contributed by atoms with Crippen LogP contribution >= 0.6 is 0 Å². The van der Waals surface area contributed by atoms with Crippen molar-refractivity contribution in [3.8, 4) is 11.3 Å². The van der Waals surface area contributed by atoms with Gasteiger partial charge < -0.3 is 15.1 Å². The van der Waals surface area contributed by atoms with Gasteiger partial charge in [-0.3, -0.25) is 9.69 Å². The maximum atomic E-state index is 12.5. The summed E-state index contributed by atoms with van der Waals surface area (Å²) in [5, 5.41) is 0. The van der Waals surface area contributed by atoms with Crippen molar-refractivity contribution in [2.75, 3.05) is 26.2 Å². The first-order valence-electron chi connectivity index (χ1n) is 9.95. The zero-order chi connectivity index (χ0) is 18.6. The molecule has 2 aliphatic rings. The van der Waals surface area contributed by atoms with E-state index in [0.29, 0.717) is 18.9 Å². The van der Waals surface area contributed by atoms with Crippen LogP contribution < -0.4 is 5.73 Å². The number of rotatable bonds is 5. The Bertz CT molecular complexity index is 753. The van der Waals surface area contributed by atoms with E-state index < -0.39 is 0 Å². The van der Waals surface area contributed by atoms with Crippen molar-refractivity contribution in [1.29, 1.82) is 0 Å². The summed E-state index contributed by atoms with van der Waals surface area (Å²) >= 11 is 0. The van der Waals surface area contributed by atoms with Gasteiger partial charge in [0.1, 0.15) is 0 Å². The van der Waals surface area contributed by atoms with Gasteiger partial charge >= 0.3 is 0 Å². The van der Waals surface area contributed by atoms with Crippen molar-refractivity contribution in [3.05, 3.63) is 42.4 Å². The van der Waals surface area contributed by atoms with E-state index >= 15 is 0 Å². The predicted molar refractivity (Wildman–Crippen MR) is 104 cm³/mol. The number of carbonyl (C=O) groups is 1. The third-order valence-electron chi connectivity index (χ3n) is 5.85. The highest BCUT2D eigenvalue weighted by Gasteiger charge is 2.29. The lowest BCUT2D eigenvalue weighted by molar-refractivity contribution is -0.134. The highest BCUT2D eigenvalue weighted by atomic mass is 16.4. The van der Waals surface area contributed by atoms with E-state index in [1.165, 1.54) is 0 Å². The minimum Gasteiger partial charge on any atom is -0.439 e. The molecule has 1 aliphatic heterocycles. The van der Waals surface area contributed by atoms with Crippen molar-refractivity contribution in [2.24, 2.45) is 11.7 Å². The summed E-state index contributed by atoms with van der Waals surface area (Å²) < 4.78 is 5.90. The van der Waals surface area contributed by atoms with Crippen LogP contribution in [-0.2, 0) is 11.3 Å². The van der Waals surface area contributed by atoms with Crippen molar-refractivity contribution in [1.82, 2.24) is 14.8 Å². The second kappa shape index (κ2) is 8.23. The quantitative estimate of drug-likeness (QED) is 0.878. The molecule has 1 saturated carbocycles. The predicted octanol–water partition coefficient (Wildman–Crippen LogP) is 2.50. The Balaban J connectivity index is 1.26. The molecule has 2 N–H and O–H groups in total. The van der Waals surface area contributed by atoms with Gasteiger partial charge in [-0.05, 0) is 18.8 Å². The maximum absolute atomic E-state index is 12.5. The van der Waals surface area contributed by atoms with E-state index in [-0.39, 0.29) is 11.9 Å². The number of hydrogen-bond donors (Lipinski definition) is 1. The van der Waals surface area contributed by atoms with Crippen LogP contribution in [0.25, 0.3) is 11.3 Å². The van der Waals surface area contributed by atoms with E-state index in [1.54, 1.807) is 6.20 Å². The Morgan fingerprint density at radius 2 is 1.93 bits per heavy atom. The summed E-state index contributed by atoms with van der Waals surface area (Å²) in [6.45, 7) is 3.93. The molecule has 2 fully saturated rings. The molecule has 2 heterocycles. The molecule has 1 aromatic carbocycles. The fourth-order valence-electron chi connectivity index (χ4n) is 4.14. The lowest BCUT2D eigenvalue weighted by atomic mass is 9.99. The van der Waals surface area contributed by atoms with E-state index in [0.717, 1.165) is 62.7 Å². The fourth-order valence-corrected chi connectivity index (χ4v) is 4.14. The van der Waals surface area contributed by atoms with Gasteiger partial charge in [0.25, 0.3) is 0 Å². The Morgan fingerprint density at radius 1 is 1.15 bits per heavy atom. The topological polar surface area (TPSA) is 75.6 Å². The van der Waals surface area contributed by atoms with E-state index in [2.05, 4.69) is 9.88 Å². The molecule has 27 heavy (non-hydrogen) atoms. The third-order valence-corrected chi connectivity index (χ3v) is 5.85. The van der Waals surface area contributed by atoms with Crippen LogP contribution in [0.5, 0.6) is 0 Å². The number of amides is 1. The standard InChI is InChI=1S/C21H28N4O2/c22-18-8-4-7-17(18)13-21(26)25-11-9-24(10-12-25)15-20-23-14-19(27-20)16-5-2-1-3-6-16/h1-3,5-6,14,17-18H,4,7-13,15,22H2/t17-,18+/m0/s1. The lowest BCUT2D eigenvalue weighted by Gasteiger charge is -2.34. The zero-order valence-corrected chi connectivity index (χ0v) is 15.7. The molecular weight excluding hydrogens is 340 g/mol. The van der Waals surface area contributed by atoms with Crippen molar-refractivity contribution in [3.63, 3.8) is 0 Å². The van der Waals surface area contributed by atoms with Gasteiger partial charge in [0.15, 0.2) is 5.76 Å². The third kappa shape index (κ3) is 4.39. The molecule has 144 valence electrons. The van der Waals surface area contributed by atoms with Crippen molar-refractivity contribution >= 4 is 5.91 Å². The fraction of sp³-hybridized carbons (Fsp3) is 0.524. The Kier molecular flexibility index (Phi) is 5.55. The number of piperazine rings is 1. The summed E-state index contributed by atoms with van der Waals surface area (Å²) in [7, 11) is 0. The summed E-state index contributed by atoms with van der Waals surface area (Å²) in [6.07, 6.45) is 5.72. The van der Waals surface area contributed by atoms with Crippen LogP contribution in [0.3, 0.4) is 0 Å². The molecule has 0 bridgehead atoms. The van der Waals surface area contributed by atoms with Crippen LogP contribution in [0.1, 0.15) is 31.6 Å². The minimum atomic E-state index is 0.207. The maximum Gasteiger partial charge on any atom is 0.222 e. The smallest absolute Gasteiger partial charge is 0.222 e. The SMILES string of the molecule is N[C@@H]1CCC[C@H]1CC(=O)N1CCN(Cc2ncc(-c3ccccc3)o2)CC1. The molecule has 6 heteroatoms. The van der Waals surface area contributed by atoms with Crippen LogP contribution in [0.2, 0.25) is 0 Å². The zero-order valence-electron chi connectivity index (χ0n) is 15.7. The molecule has 2 atom stereocenters. The van der Waals surface area contributed by atoms with Gasteiger partial charge in [-0.15, -0.1) is 0 Å². The van der Waals surface area contributed by atoms with Crippen LogP contribution in [0.15, 0.2) is 40.9 Å². The number of nitrogens with zero attached hydrogens (tertiary/aromatic N) is 3. The molecule has 1 amide bonds. The first kappa shape index (κ1) is 18.2. The Labute approximate surface area is 160 Å². The second-order valence-electron chi connectivity index (χ2n) is 7.70. The van der Waals surface area contributed by atoms with Crippen molar-refractivity contribution < 1.29 is 9.21 Å². The van der Waals surface area contributed by atoms with Crippen LogP contribution in [-0.4, -0.2) is 52.9 Å². The molecular formula is C21H28N4O2. The molecule has 1 aromatic heterocycles. The Morgan fingerprint density at radius 3 is 2.63 bits per heavy atom. The molecule has 4 rings (SSSR count). The van der Waals surface area contributed by atoms with Crippen LogP contribution in [0, 0.1) is 5.92 Å². The normalized spacial score (nSPS) is 23.7. The van der Waals surface area contributed by atoms with E-state index in [4.69, 9.17) is 10.2 Å². The average Bonchev–Trinajstić information content (AvgIpc) is 3.32. The largest absolute Gasteiger partial charge is 0.439 e. The average molecular weight is 368 g/mol. The van der Waals surface area contributed by atoms with Crippen LogP contribution in [0.4, 0.5) is 0 Å². The monoisotopic (exact) mass is 368 g/mol. The Hall–Kier alpha value is -2.18. The van der Waals surface area contributed by atoms with Gasteiger partial charge in [-0.25, -0.2) is 4.98 Å². The van der Waals surface area contributed by atoms with Crippen molar-refractivity contribution in [2.45, 2.75) is 38.3 Å². The number of benzene rings is 1. The first-order valence-corrected chi connectivity index (χ1v) is 9.95. The van der Waals surface area contributed by atoms with E-state index in [9.17, 15) is 4.79 Å². The highest BCUT2D eigenvalue weighted by molar-refractivity contribution is 5.76. The number of carbonyl (C=O) groups excluding carboxylic acids is 1. The molecule has 2 aromatic rings. The number of nitrogens with two attached hydrogens (primary N) is 1. The lowest BCUT2D eigenvalue weighted by Crippen LogP contribution is -2.49. The van der Waals surface area contributed by atoms with Gasteiger partial charge in [-0.1, -0.05) is 36.8 Å². The van der Waals surface area contributed by atoms with E-state index in [1.807, 2.05) is 35.2 Å². The number of hydrogen-bond acceptors (Lipinski definition) is 5. The molecule has 0 radical (unpaired) electrons. The summed E-state index contributed by atoms with van der Waals surface area (Å²) in [4.78, 5) is 21.3. The summed E-state index contributed by atoms with van der Waals surface area (Å²) in [5.41, 5.74) is 7.15.